The van der Waals surface area contributed by atoms with Crippen molar-refractivity contribution in [2.45, 2.75) is 32.0 Å². The molecule has 1 aromatic rings. The Morgan fingerprint density at radius 1 is 1.53 bits per heavy atom. The zero-order chi connectivity index (χ0) is 13.1. The van der Waals surface area contributed by atoms with Crippen LogP contribution in [0.15, 0.2) is 10.7 Å². The van der Waals surface area contributed by atoms with Gasteiger partial charge in [0.05, 0.1) is 41.2 Å². The molecule has 2 N–H and O–H groups in total. The molecule has 0 aliphatic rings. The van der Waals surface area contributed by atoms with Crippen LogP contribution < -0.4 is 5.73 Å². The lowest BCUT2D eigenvalue weighted by molar-refractivity contribution is -0.00270. The molecule has 1 rings (SSSR count). The molecular formula is C11H20BrN3O2. The van der Waals surface area contributed by atoms with E-state index in [9.17, 15) is 0 Å². The lowest BCUT2D eigenvalue weighted by atomic mass is 9.96. The van der Waals surface area contributed by atoms with Gasteiger partial charge in [0.25, 0.3) is 0 Å². The van der Waals surface area contributed by atoms with Gasteiger partial charge >= 0.3 is 0 Å². The van der Waals surface area contributed by atoms with Crippen LogP contribution in [0.5, 0.6) is 0 Å². The number of nitrogens with zero attached hydrogens (tertiary/aromatic N) is 2. The predicted octanol–water partition coefficient (Wildman–Crippen LogP) is 1.72. The molecule has 0 radical (unpaired) electrons. The van der Waals surface area contributed by atoms with Crippen LogP contribution in [0.25, 0.3) is 0 Å². The molecule has 0 aliphatic carbocycles. The van der Waals surface area contributed by atoms with Gasteiger partial charge in [-0.05, 0) is 29.8 Å². The number of aromatic nitrogens is 2. The second kappa shape index (κ2) is 5.95. The van der Waals surface area contributed by atoms with E-state index < -0.39 is 5.60 Å². The fourth-order valence-corrected chi connectivity index (χ4v) is 2.04. The van der Waals surface area contributed by atoms with Gasteiger partial charge in [0.1, 0.15) is 0 Å². The number of halogens is 1. The van der Waals surface area contributed by atoms with Crippen LogP contribution in [0.3, 0.4) is 0 Å². The monoisotopic (exact) mass is 305 g/mol. The predicted molar refractivity (Wildman–Crippen MR) is 69.8 cm³/mol. The van der Waals surface area contributed by atoms with Crippen LogP contribution in [-0.4, -0.2) is 36.2 Å². The van der Waals surface area contributed by atoms with Crippen molar-refractivity contribution in [2.75, 3.05) is 20.8 Å². The minimum atomic E-state index is -0.451. The summed E-state index contributed by atoms with van der Waals surface area (Å²) in [6, 6.07) is -0.263. The molecule has 17 heavy (non-hydrogen) atoms. The van der Waals surface area contributed by atoms with Crippen LogP contribution in [0, 0.1) is 0 Å². The second-order valence-corrected chi connectivity index (χ2v) is 5.23. The van der Waals surface area contributed by atoms with Crippen LogP contribution in [0.2, 0.25) is 0 Å². The fraction of sp³-hybridized carbons (Fsp3) is 0.727. The van der Waals surface area contributed by atoms with E-state index in [2.05, 4.69) is 21.0 Å². The number of hydrogen-bond donors (Lipinski definition) is 1. The number of hydrogen-bond acceptors (Lipinski definition) is 4. The van der Waals surface area contributed by atoms with Crippen molar-refractivity contribution in [1.82, 2.24) is 9.78 Å². The summed E-state index contributed by atoms with van der Waals surface area (Å²) in [6.07, 6.45) is 1.75. The van der Waals surface area contributed by atoms with Crippen molar-refractivity contribution in [3.05, 3.63) is 16.4 Å². The maximum absolute atomic E-state index is 6.24. The highest BCUT2D eigenvalue weighted by Crippen LogP contribution is 2.30. The van der Waals surface area contributed by atoms with Gasteiger partial charge in [0.2, 0.25) is 0 Å². The largest absolute Gasteiger partial charge is 0.383 e. The average molecular weight is 306 g/mol. The zero-order valence-electron chi connectivity index (χ0n) is 10.7. The van der Waals surface area contributed by atoms with E-state index in [0.717, 1.165) is 10.2 Å². The summed E-state index contributed by atoms with van der Waals surface area (Å²) < 4.78 is 13.2. The highest BCUT2D eigenvalue weighted by atomic mass is 79.9. The summed E-state index contributed by atoms with van der Waals surface area (Å²) in [5.41, 5.74) is 6.72. The molecule has 0 spiro atoms. The minimum absolute atomic E-state index is 0.263. The molecule has 1 unspecified atom stereocenters. The van der Waals surface area contributed by atoms with E-state index in [1.807, 2.05) is 18.5 Å². The molecule has 0 bridgehead atoms. The first-order chi connectivity index (χ1) is 7.94. The molecule has 0 aliphatic heterocycles. The molecule has 6 heteroatoms. The first-order valence-corrected chi connectivity index (χ1v) is 6.24. The van der Waals surface area contributed by atoms with Crippen molar-refractivity contribution >= 4 is 15.9 Å². The van der Waals surface area contributed by atoms with E-state index in [4.69, 9.17) is 15.2 Å². The van der Waals surface area contributed by atoms with Crippen LogP contribution in [0.4, 0.5) is 0 Å². The Morgan fingerprint density at radius 3 is 2.71 bits per heavy atom. The number of ether oxygens (including phenoxy) is 2. The van der Waals surface area contributed by atoms with Crippen LogP contribution in [0.1, 0.15) is 25.6 Å². The molecule has 1 heterocycles. The van der Waals surface area contributed by atoms with Crippen molar-refractivity contribution in [2.24, 2.45) is 5.73 Å². The van der Waals surface area contributed by atoms with Gasteiger partial charge in [0, 0.05) is 14.2 Å². The summed E-state index contributed by atoms with van der Waals surface area (Å²) in [5.74, 6) is 0. The maximum atomic E-state index is 6.24. The van der Waals surface area contributed by atoms with Crippen LogP contribution in [-0.2, 0) is 16.0 Å². The number of rotatable bonds is 6. The molecule has 1 atom stereocenters. The molecule has 1 aromatic heterocycles. The minimum Gasteiger partial charge on any atom is -0.383 e. The Labute approximate surface area is 110 Å². The molecule has 0 aromatic carbocycles. The van der Waals surface area contributed by atoms with E-state index in [-0.39, 0.29) is 6.04 Å². The van der Waals surface area contributed by atoms with Gasteiger partial charge in [-0.25, -0.2) is 0 Å². The first-order valence-electron chi connectivity index (χ1n) is 5.45. The molecule has 0 saturated heterocycles. The lowest BCUT2D eigenvalue weighted by Gasteiger charge is -2.30. The molecule has 5 nitrogen and oxygen atoms in total. The van der Waals surface area contributed by atoms with Gasteiger partial charge in [0.15, 0.2) is 0 Å². The summed E-state index contributed by atoms with van der Waals surface area (Å²) in [4.78, 5) is 0. The maximum Gasteiger partial charge on any atom is 0.0830 e. The Kier molecular flexibility index (Phi) is 5.12. The highest BCUT2D eigenvalue weighted by molar-refractivity contribution is 9.10. The van der Waals surface area contributed by atoms with Gasteiger partial charge in [-0.1, -0.05) is 0 Å². The van der Waals surface area contributed by atoms with Gasteiger partial charge in [-0.3, -0.25) is 4.68 Å². The van der Waals surface area contributed by atoms with Gasteiger partial charge in [-0.2, -0.15) is 5.10 Å². The third kappa shape index (κ3) is 3.28. The van der Waals surface area contributed by atoms with Crippen molar-refractivity contribution in [1.29, 1.82) is 0 Å². The lowest BCUT2D eigenvalue weighted by Crippen LogP contribution is -2.39. The fourth-order valence-electron chi connectivity index (χ4n) is 1.49. The molecule has 0 saturated carbocycles. The molecular weight excluding hydrogens is 286 g/mol. The van der Waals surface area contributed by atoms with Gasteiger partial charge < -0.3 is 15.2 Å². The number of nitrogens with two attached hydrogens (primary N) is 1. The average Bonchev–Trinajstić information content (AvgIpc) is 2.66. The van der Waals surface area contributed by atoms with Crippen molar-refractivity contribution < 1.29 is 9.47 Å². The molecule has 0 amide bonds. The summed E-state index contributed by atoms with van der Waals surface area (Å²) in [6.45, 7) is 5.18. The quantitative estimate of drug-likeness (QED) is 0.869. The van der Waals surface area contributed by atoms with E-state index in [1.54, 1.807) is 20.4 Å². The van der Waals surface area contributed by atoms with E-state index in [0.29, 0.717) is 13.2 Å². The second-order valence-electron chi connectivity index (χ2n) is 4.38. The standard InChI is InChI=1S/C11H20BrN3O2/c1-11(2,17-4)10(13)9-8(12)7-14-15(9)5-6-16-3/h7,10H,5-6,13H2,1-4H3. The normalized spacial score (nSPS) is 14.0. The Hall–Kier alpha value is -0.430. The summed E-state index contributed by atoms with van der Waals surface area (Å²) >= 11 is 3.47. The SMILES string of the molecule is COCCn1ncc(Br)c1C(N)C(C)(C)OC. The summed E-state index contributed by atoms with van der Waals surface area (Å²) in [5, 5.41) is 4.28. The number of methoxy groups -OCH3 is 2. The zero-order valence-corrected chi connectivity index (χ0v) is 12.3. The Bertz CT molecular complexity index is 366. The molecule has 0 fully saturated rings. The first kappa shape index (κ1) is 14.6. The Balaban J connectivity index is 2.99. The van der Waals surface area contributed by atoms with Crippen LogP contribution >= 0.6 is 15.9 Å². The van der Waals surface area contributed by atoms with E-state index >= 15 is 0 Å². The highest BCUT2D eigenvalue weighted by Gasteiger charge is 2.31. The Morgan fingerprint density at radius 2 is 2.18 bits per heavy atom. The smallest absolute Gasteiger partial charge is 0.0830 e. The third-order valence-electron chi connectivity index (χ3n) is 2.91. The van der Waals surface area contributed by atoms with Crippen molar-refractivity contribution in [3.8, 4) is 0 Å². The third-order valence-corrected chi connectivity index (χ3v) is 3.52. The van der Waals surface area contributed by atoms with Gasteiger partial charge in [-0.15, -0.1) is 0 Å². The summed E-state index contributed by atoms with van der Waals surface area (Å²) in [7, 11) is 3.32. The van der Waals surface area contributed by atoms with Crippen molar-refractivity contribution in [3.63, 3.8) is 0 Å². The topological polar surface area (TPSA) is 62.3 Å². The molecule has 98 valence electrons. The van der Waals surface area contributed by atoms with E-state index in [1.165, 1.54) is 0 Å².